The standard InChI is InChI=1S/C24H21IN2O4S/c25-19-11-13-20(14-12-19)27-23(28)17-22(24(27)29)26(16-15-18-7-3-1-4-8-18)32(30,31)21-9-5-2-6-10-21/h1-14,22H,15-17H2. The van der Waals surface area contributed by atoms with Crippen molar-refractivity contribution in [2.75, 3.05) is 11.4 Å². The minimum absolute atomic E-state index is 0.0887. The molecular formula is C24H21IN2O4S. The van der Waals surface area contributed by atoms with Gasteiger partial charge in [0, 0.05) is 10.1 Å². The van der Waals surface area contributed by atoms with E-state index in [-0.39, 0.29) is 17.9 Å². The average Bonchev–Trinajstić information content (AvgIpc) is 3.09. The van der Waals surface area contributed by atoms with Crippen LogP contribution in [0.15, 0.2) is 89.8 Å². The molecule has 0 aliphatic carbocycles. The van der Waals surface area contributed by atoms with Crippen molar-refractivity contribution in [3.05, 3.63) is 94.1 Å². The number of imide groups is 1. The summed E-state index contributed by atoms with van der Waals surface area (Å²) in [6.07, 6.45) is 0.236. The molecule has 8 heteroatoms. The summed E-state index contributed by atoms with van der Waals surface area (Å²) in [5.74, 6) is -0.932. The van der Waals surface area contributed by atoms with Gasteiger partial charge in [0.25, 0.3) is 5.91 Å². The molecule has 0 N–H and O–H groups in total. The third kappa shape index (κ3) is 4.62. The van der Waals surface area contributed by atoms with E-state index < -0.39 is 27.9 Å². The Morgan fingerprint density at radius 2 is 1.47 bits per heavy atom. The van der Waals surface area contributed by atoms with E-state index in [1.165, 1.54) is 16.4 Å². The summed E-state index contributed by atoms with van der Waals surface area (Å²) in [4.78, 5) is 27.3. The third-order valence-corrected chi connectivity index (χ3v) is 8.01. The van der Waals surface area contributed by atoms with Crippen LogP contribution in [0.2, 0.25) is 0 Å². The molecule has 1 saturated heterocycles. The van der Waals surface area contributed by atoms with Crippen molar-refractivity contribution in [3.63, 3.8) is 0 Å². The second-order valence-corrected chi connectivity index (χ2v) is 10.6. The molecule has 1 atom stereocenters. The van der Waals surface area contributed by atoms with Crippen LogP contribution in [0.5, 0.6) is 0 Å². The van der Waals surface area contributed by atoms with Crippen molar-refractivity contribution in [1.82, 2.24) is 4.31 Å². The Kier molecular flexibility index (Phi) is 6.73. The Bertz CT molecular complexity index is 1220. The van der Waals surface area contributed by atoms with Gasteiger partial charge < -0.3 is 0 Å². The van der Waals surface area contributed by atoms with Gasteiger partial charge in [0.05, 0.1) is 17.0 Å². The first-order valence-corrected chi connectivity index (χ1v) is 12.6. The largest absolute Gasteiger partial charge is 0.274 e. The van der Waals surface area contributed by atoms with Crippen molar-refractivity contribution >= 4 is 50.1 Å². The number of nitrogens with zero attached hydrogens (tertiary/aromatic N) is 2. The first kappa shape index (κ1) is 22.6. The van der Waals surface area contributed by atoms with Gasteiger partial charge in [-0.3, -0.25) is 9.59 Å². The second kappa shape index (κ2) is 9.51. The van der Waals surface area contributed by atoms with Crippen LogP contribution in [0.4, 0.5) is 5.69 Å². The highest BCUT2D eigenvalue weighted by molar-refractivity contribution is 14.1. The first-order chi connectivity index (χ1) is 15.4. The Hall–Kier alpha value is -2.56. The zero-order chi connectivity index (χ0) is 22.7. The van der Waals surface area contributed by atoms with Gasteiger partial charge in [0.1, 0.15) is 6.04 Å². The Morgan fingerprint density at radius 3 is 2.09 bits per heavy atom. The van der Waals surface area contributed by atoms with Gasteiger partial charge in [-0.1, -0.05) is 48.5 Å². The number of hydrogen-bond acceptors (Lipinski definition) is 4. The minimum Gasteiger partial charge on any atom is -0.274 e. The molecule has 1 heterocycles. The van der Waals surface area contributed by atoms with Crippen LogP contribution in [0.25, 0.3) is 0 Å². The number of benzene rings is 3. The van der Waals surface area contributed by atoms with E-state index >= 15 is 0 Å². The average molecular weight is 560 g/mol. The molecule has 164 valence electrons. The normalized spacial score (nSPS) is 16.7. The topological polar surface area (TPSA) is 74.8 Å². The zero-order valence-corrected chi connectivity index (χ0v) is 20.1. The van der Waals surface area contributed by atoms with Crippen molar-refractivity contribution in [3.8, 4) is 0 Å². The molecule has 0 saturated carbocycles. The lowest BCUT2D eigenvalue weighted by Gasteiger charge is -2.27. The molecule has 32 heavy (non-hydrogen) atoms. The van der Waals surface area contributed by atoms with Gasteiger partial charge >= 0.3 is 0 Å². The molecule has 3 aromatic carbocycles. The molecule has 1 fully saturated rings. The summed E-state index contributed by atoms with van der Waals surface area (Å²) in [5.41, 5.74) is 1.40. The molecule has 4 rings (SSSR count). The number of anilines is 1. The molecule has 0 radical (unpaired) electrons. The highest BCUT2D eigenvalue weighted by atomic mass is 127. The third-order valence-electron chi connectivity index (χ3n) is 5.37. The fourth-order valence-corrected chi connectivity index (χ4v) is 5.72. The van der Waals surface area contributed by atoms with Crippen molar-refractivity contribution in [1.29, 1.82) is 0 Å². The number of carbonyl (C=O) groups is 2. The monoisotopic (exact) mass is 560 g/mol. The van der Waals surface area contributed by atoms with E-state index in [0.717, 1.165) is 14.0 Å². The molecular weight excluding hydrogens is 539 g/mol. The lowest BCUT2D eigenvalue weighted by molar-refractivity contribution is -0.122. The number of carbonyl (C=O) groups excluding carboxylic acids is 2. The predicted molar refractivity (Wildman–Crippen MR) is 131 cm³/mol. The lowest BCUT2D eigenvalue weighted by atomic mass is 10.1. The molecule has 0 spiro atoms. The maximum atomic E-state index is 13.5. The van der Waals surface area contributed by atoms with E-state index in [9.17, 15) is 18.0 Å². The number of sulfonamides is 1. The first-order valence-electron chi connectivity index (χ1n) is 10.1. The van der Waals surface area contributed by atoms with E-state index in [1.807, 2.05) is 30.3 Å². The lowest BCUT2D eigenvalue weighted by Crippen LogP contribution is -2.46. The van der Waals surface area contributed by atoms with Crippen LogP contribution in [0.3, 0.4) is 0 Å². The number of hydrogen-bond donors (Lipinski definition) is 0. The molecule has 2 amide bonds. The summed E-state index contributed by atoms with van der Waals surface area (Å²) in [7, 11) is -3.99. The molecule has 1 unspecified atom stereocenters. The maximum Gasteiger partial charge on any atom is 0.252 e. The Balaban J connectivity index is 1.68. The SMILES string of the molecule is O=C1CC(N(CCc2ccccc2)S(=O)(=O)c2ccccc2)C(=O)N1c1ccc(I)cc1. The summed E-state index contributed by atoms with van der Waals surface area (Å²) in [6.45, 7) is 0.0887. The van der Waals surface area contributed by atoms with Gasteiger partial charge in [-0.25, -0.2) is 13.3 Å². The van der Waals surface area contributed by atoms with Gasteiger partial charge in [-0.2, -0.15) is 4.31 Å². The molecule has 0 aromatic heterocycles. The number of amides is 2. The molecule has 6 nitrogen and oxygen atoms in total. The number of halogens is 1. The summed E-state index contributed by atoms with van der Waals surface area (Å²) in [5, 5.41) is 0. The molecule has 0 bridgehead atoms. The van der Waals surface area contributed by atoms with Crippen molar-refractivity contribution in [2.45, 2.75) is 23.8 Å². The van der Waals surface area contributed by atoms with Gasteiger partial charge in [0.15, 0.2) is 0 Å². The summed E-state index contributed by atoms with van der Waals surface area (Å²) < 4.78 is 29.2. The molecule has 1 aliphatic heterocycles. The smallest absolute Gasteiger partial charge is 0.252 e. The van der Waals surface area contributed by atoms with Crippen LogP contribution in [-0.2, 0) is 26.0 Å². The van der Waals surface area contributed by atoms with Crippen LogP contribution in [-0.4, -0.2) is 37.1 Å². The van der Waals surface area contributed by atoms with Gasteiger partial charge in [0.2, 0.25) is 15.9 Å². The summed E-state index contributed by atoms with van der Waals surface area (Å²) >= 11 is 2.14. The zero-order valence-electron chi connectivity index (χ0n) is 17.1. The minimum atomic E-state index is -3.99. The maximum absolute atomic E-state index is 13.5. The molecule has 1 aliphatic rings. The van der Waals surface area contributed by atoms with Crippen LogP contribution in [0.1, 0.15) is 12.0 Å². The van der Waals surface area contributed by atoms with Crippen molar-refractivity contribution in [2.24, 2.45) is 0 Å². The fourth-order valence-electron chi connectivity index (χ4n) is 3.76. The summed E-state index contributed by atoms with van der Waals surface area (Å²) in [6, 6.07) is 23.4. The quantitative estimate of drug-likeness (QED) is 0.325. The Labute approximate surface area is 201 Å². The van der Waals surface area contributed by atoms with Crippen LogP contribution < -0.4 is 4.90 Å². The van der Waals surface area contributed by atoms with Crippen LogP contribution in [0, 0.1) is 3.57 Å². The van der Waals surface area contributed by atoms with E-state index in [2.05, 4.69) is 22.6 Å². The van der Waals surface area contributed by atoms with Gasteiger partial charge in [-0.15, -0.1) is 0 Å². The highest BCUT2D eigenvalue weighted by Crippen LogP contribution is 2.30. The predicted octanol–water partition coefficient (Wildman–Crippen LogP) is 3.86. The number of rotatable bonds is 7. The highest BCUT2D eigenvalue weighted by Gasteiger charge is 2.46. The van der Waals surface area contributed by atoms with E-state index in [0.29, 0.717) is 12.1 Å². The fraction of sp³-hybridized carbons (Fsp3) is 0.167. The molecule has 3 aromatic rings. The van der Waals surface area contributed by atoms with E-state index in [1.54, 1.807) is 42.5 Å². The Morgan fingerprint density at radius 1 is 0.875 bits per heavy atom. The van der Waals surface area contributed by atoms with Gasteiger partial charge in [-0.05, 0) is 71.0 Å². The van der Waals surface area contributed by atoms with Crippen LogP contribution >= 0.6 is 22.6 Å². The second-order valence-electron chi connectivity index (χ2n) is 7.43. The van der Waals surface area contributed by atoms with Crippen molar-refractivity contribution < 1.29 is 18.0 Å². The van der Waals surface area contributed by atoms with E-state index in [4.69, 9.17) is 0 Å².